The third kappa shape index (κ3) is 6.53. The molecule has 1 fully saturated rings. The Bertz CT molecular complexity index is 874. The van der Waals surface area contributed by atoms with Gasteiger partial charge in [-0.05, 0) is 74.7 Å². The number of carboxylic acid groups (broad SMARTS) is 1. The van der Waals surface area contributed by atoms with Gasteiger partial charge in [0.1, 0.15) is 5.82 Å². The number of nitrogens with zero attached hydrogens (tertiary/aromatic N) is 2. The molecule has 4 rings (SSSR count). The molecule has 1 saturated heterocycles. The Morgan fingerprint density at radius 2 is 2.09 bits per heavy atom. The molecule has 0 saturated carbocycles. The molecule has 3 heterocycles. The number of ether oxygens (including phenoxy) is 1. The third-order valence-electron chi connectivity index (χ3n) is 6.53. The molecule has 0 radical (unpaired) electrons. The minimum absolute atomic E-state index is 0.00306. The first kappa shape index (κ1) is 22.7. The highest BCUT2D eigenvalue weighted by Gasteiger charge is 2.23. The van der Waals surface area contributed by atoms with Crippen LogP contribution in [0.2, 0.25) is 0 Å². The Kier molecular flexibility index (Phi) is 8.13. The van der Waals surface area contributed by atoms with Crippen molar-refractivity contribution in [2.75, 3.05) is 38.1 Å². The number of benzene rings is 1. The fourth-order valence-electron chi connectivity index (χ4n) is 4.83. The molecule has 0 amide bonds. The first-order valence-corrected chi connectivity index (χ1v) is 12.0. The summed E-state index contributed by atoms with van der Waals surface area (Å²) in [4.78, 5) is 18.6. The van der Waals surface area contributed by atoms with Crippen LogP contribution in [0, 0.1) is 5.92 Å². The monoisotopic (exact) mass is 437 g/mol. The highest BCUT2D eigenvalue weighted by Crippen LogP contribution is 2.25. The molecule has 1 aromatic carbocycles. The lowest BCUT2D eigenvalue weighted by Crippen LogP contribution is -2.38. The van der Waals surface area contributed by atoms with E-state index in [9.17, 15) is 9.90 Å². The van der Waals surface area contributed by atoms with Gasteiger partial charge in [-0.2, -0.15) is 0 Å². The van der Waals surface area contributed by atoms with Crippen molar-refractivity contribution in [2.24, 2.45) is 5.92 Å². The molecule has 172 valence electrons. The second-order valence-corrected chi connectivity index (χ2v) is 9.08. The number of hydrogen-bond donors (Lipinski definition) is 2. The molecular formula is C26H35N3O3. The van der Waals surface area contributed by atoms with Gasteiger partial charge < -0.3 is 20.1 Å². The van der Waals surface area contributed by atoms with Gasteiger partial charge in [0.2, 0.25) is 0 Å². The summed E-state index contributed by atoms with van der Waals surface area (Å²) in [6.45, 7) is 4.86. The first-order valence-electron chi connectivity index (χ1n) is 12.0. The van der Waals surface area contributed by atoms with Gasteiger partial charge in [-0.3, -0.25) is 4.79 Å². The topological polar surface area (TPSA) is 74.7 Å². The maximum Gasteiger partial charge on any atom is 0.306 e. The normalized spacial score (nSPS) is 19.7. The number of carboxylic acids is 1. The van der Waals surface area contributed by atoms with E-state index in [1.165, 1.54) is 24.1 Å². The highest BCUT2D eigenvalue weighted by molar-refractivity contribution is 5.67. The molecule has 2 atom stereocenters. The zero-order valence-corrected chi connectivity index (χ0v) is 18.8. The molecule has 2 N–H and O–H groups in total. The first-order chi connectivity index (χ1) is 15.7. The van der Waals surface area contributed by atoms with Gasteiger partial charge in [-0.1, -0.05) is 36.4 Å². The molecule has 1 unspecified atom stereocenters. The van der Waals surface area contributed by atoms with Crippen molar-refractivity contribution in [3.8, 4) is 0 Å². The van der Waals surface area contributed by atoms with Gasteiger partial charge in [0.05, 0.1) is 19.1 Å². The summed E-state index contributed by atoms with van der Waals surface area (Å²) in [7, 11) is 0. The van der Waals surface area contributed by atoms with Crippen molar-refractivity contribution in [3.63, 3.8) is 0 Å². The SMILES string of the molecule is O=C(O)CC(OC[C@@H]1CCCN(CCCc2ccc3c(n2)NCCC3)C1)c1ccccc1. The van der Waals surface area contributed by atoms with E-state index in [0.29, 0.717) is 12.5 Å². The summed E-state index contributed by atoms with van der Waals surface area (Å²) in [5.74, 6) is 0.711. The number of aryl methyl sites for hydroxylation is 2. The number of aromatic nitrogens is 1. The summed E-state index contributed by atoms with van der Waals surface area (Å²) < 4.78 is 6.13. The van der Waals surface area contributed by atoms with Crippen LogP contribution in [0.5, 0.6) is 0 Å². The van der Waals surface area contributed by atoms with E-state index in [-0.39, 0.29) is 12.5 Å². The molecule has 6 nitrogen and oxygen atoms in total. The number of piperidine rings is 1. The zero-order chi connectivity index (χ0) is 22.2. The quantitative estimate of drug-likeness (QED) is 0.577. The molecule has 0 spiro atoms. The average Bonchev–Trinajstić information content (AvgIpc) is 2.82. The van der Waals surface area contributed by atoms with E-state index >= 15 is 0 Å². The van der Waals surface area contributed by atoms with Gasteiger partial charge in [-0.15, -0.1) is 0 Å². The number of anilines is 1. The Morgan fingerprint density at radius 3 is 2.94 bits per heavy atom. The summed E-state index contributed by atoms with van der Waals surface area (Å²) in [5, 5.41) is 12.7. The highest BCUT2D eigenvalue weighted by atomic mass is 16.5. The van der Waals surface area contributed by atoms with Crippen LogP contribution in [0.25, 0.3) is 0 Å². The van der Waals surface area contributed by atoms with Gasteiger partial charge >= 0.3 is 5.97 Å². The standard InChI is InChI=1S/C26H35N3O3/c30-25(31)17-24(21-8-2-1-3-9-21)32-19-20-7-5-15-29(18-20)16-6-11-23-13-12-22-10-4-14-27-26(22)28-23/h1-3,8-9,12-13,20,24H,4-7,10-11,14-19H2,(H,27,28)(H,30,31)/t20-,24?/m1/s1. The Hall–Kier alpha value is -2.44. The molecule has 2 aliphatic heterocycles. The van der Waals surface area contributed by atoms with Crippen molar-refractivity contribution < 1.29 is 14.6 Å². The Morgan fingerprint density at radius 1 is 1.22 bits per heavy atom. The number of aliphatic carboxylic acids is 1. The van der Waals surface area contributed by atoms with E-state index in [1.54, 1.807) is 0 Å². The van der Waals surface area contributed by atoms with Crippen LogP contribution in [0.4, 0.5) is 5.82 Å². The second-order valence-electron chi connectivity index (χ2n) is 9.08. The summed E-state index contributed by atoms with van der Waals surface area (Å²) in [6, 6.07) is 14.1. The minimum atomic E-state index is -0.824. The molecular weight excluding hydrogens is 402 g/mol. The fraction of sp³-hybridized carbons (Fsp3) is 0.538. The average molecular weight is 438 g/mol. The van der Waals surface area contributed by atoms with Gasteiger partial charge in [0.15, 0.2) is 0 Å². The van der Waals surface area contributed by atoms with Gasteiger partial charge in [-0.25, -0.2) is 4.98 Å². The number of pyridine rings is 1. The van der Waals surface area contributed by atoms with Crippen LogP contribution >= 0.6 is 0 Å². The van der Waals surface area contributed by atoms with Crippen molar-refractivity contribution in [3.05, 3.63) is 59.3 Å². The van der Waals surface area contributed by atoms with Crippen molar-refractivity contribution in [2.45, 2.75) is 51.0 Å². The third-order valence-corrected chi connectivity index (χ3v) is 6.53. The lowest BCUT2D eigenvalue weighted by atomic mass is 9.98. The van der Waals surface area contributed by atoms with Crippen LogP contribution in [0.15, 0.2) is 42.5 Å². The summed E-state index contributed by atoms with van der Waals surface area (Å²) in [5.41, 5.74) is 3.46. The van der Waals surface area contributed by atoms with E-state index in [4.69, 9.17) is 9.72 Å². The summed E-state index contributed by atoms with van der Waals surface area (Å²) in [6.07, 6.45) is 6.36. The molecule has 32 heavy (non-hydrogen) atoms. The number of fused-ring (bicyclic) bond motifs is 1. The molecule has 1 aromatic heterocycles. The lowest BCUT2D eigenvalue weighted by Gasteiger charge is -2.33. The maximum absolute atomic E-state index is 11.3. The van der Waals surface area contributed by atoms with Crippen LogP contribution in [0.3, 0.4) is 0 Å². The zero-order valence-electron chi connectivity index (χ0n) is 18.8. The molecule has 2 aliphatic rings. The number of carbonyl (C=O) groups is 1. The van der Waals surface area contributed by atoms with Gasteiger partial charge in [0, 0.05) is 18.8 Å². The van der Waals surface area contributed by atoms with E-state index in [1.807, 2.05) is 30.3 Å². The second kappa shape index (κ2) is 11.4. The minimum Gasteiger partial charge on any atom is -0.481 e. The maximum atomic E-state index is 11.3. The van der Waals surface area contributed by atoms with Crippen LogP contribution in [0.1, 0.15) is 55.0 Å². The molecule has 0 aliphatic carbocycles. The van der Waals surface area contributed by atoms with Crippen molar-refractivity contribution >= 4 is 11.8 Å². The van der Waals surface area contributed by atoms with Crippen LogP contribution < -0.4 is 5.32 Å². The number of rotatable bonds is 10. The Labute approximate surface area is 191 Å². The van der Waals surface area contributed by atoms with Crippen molar-refractivity contribution in [1.82, 2.24) is 9.88 Å². The van der Waals surface area contributed by atoms with Gasteiger partial charge in [0.25, 0.3) is 0 Å². The largest absolute Gasteiger partial charge is 0.481 e. The molecule has 2 aromatic rings. The predicted octanol–water partition coefficient (Wildman–Crippen LogP) is 4.32. The number of nitrogens with one attached hydrogen (secondary N) is 1. The number of likely N-dealkylation sites (tertiary alicyclic amines) is 1. The number of hydrogen-bond acceptors (Lipinski definition) is 5. The van der Waals surface area contributed by atoms with E-state index in [2.05, 4.69) is 22.3 Å². The van der Waals surface area contributed by atoms with E-state index < -0.39 is 5.97 Å². The Balaban J connectivity index is 1.23. The lowest BCUT2D eigenvalue weighted by molar-refractivity contribution is -0.140. The molecule has 6 heteroatoms. The smallest absolute Gasteiger partial charge is 0.306 e. The van der Waals surface area contributed by atoms with Crippen LogP contribution in [-0.2, 0) is 22.4 Å². The van der Waals surface area contributed by atoms with Crippen molar-refractivity contribution in [1.29, 1.82) is 0 Å². The van der Waals surface area contributed by atoms with E-state index in [0.717, 1.165) is 63.2 Å². The molecule has 0 bridgehead atoms. The van der Waals surface area contributed by atoms with Crippen LogP contribution in [-0.4, -0.2) is 53.7 Å². The summed E-state index contributed by atoms with van der Waals surface area (Å²) >= 11 is 0. The fourth-order valence-corrected chi connectivity index (χ4v) is 4.83. The predicted molar refractivity (Wildman–Crippen MR) is 126 cm³/mol.